The summed E-state index contributed by atoms with van der Waals surface area (Å²) in [7, 11) is 0. The molecule has 0 aliphatic carbocycles. The van der Waals surface area contributed by atoms with Gasteiger partial charge in [0.1, 0.15) is 5.82 Å². The quantitative estimate of drug-likeness (QED) is 0.797. The molecule has 2 rings (SSSR count). The Kier molecular flexibility index (Phi) is 5.64. The molecule has 0 fully saturated rings. The van der Waals surface area contributed by atoms with E-state index in [4.69, 9.17) is 5.73 Å². The molecule has 0 amide bonds. The molecular weight excluding hydrogens is 337 g/mol. The van der Waals surface area contributed by atoms with Crippen molar-refractivity contribution in [2.75, 3.05) is 5.75 Å². The van der Waals surface area contributed by atoms with Gasteiger partial charge in [-0.25, -0.2) is 4.39 Å². The molecule has 106 valence electrons. The van der Waals surface area contributed by atoms with E-state index in [0.29, 0.717) is 6.42 Å². The van der Waals surface area contributed by atoms with Gasteiger partial charge in [-0.1, -0.05) is 18.2 Å². The zero-order chi connectivity index (χ0) is 14.5. The predicted octanol–water partition coefficient (Wildman–Crippen LogP) is 4.56. The Balaban J connectivity index is 1.94. The van der Waals surface area contributed by atoms with Gasteiger partial charge >= 0.3 is 0 Å². The summed E-state index contributed by atoms with van der Waals surface area (Å²) in [5.41, 5.74) is 8.25. The van der Waals surface area contributed by atoms with Gasteiger partial charge in [-0.3, -0.25) is 0 Å². The topological polar surface area (TPSA) is 26.0 Å². The van der Waals surface area contributed by atoms with E-state index in [9.17, 15) is 4.39 Å². The summed E-state index contributed by atoms with van der Waals surface area (Å²) < 4.78 is 14.3. The molecule has 1 nitrogen and oxygen atoms in total. The molecule has 1 unspecified atom stereocenters. The molecule has 2 aromatic rings. The smallest absolute Gasteiger partial charge is 0.123 e. The van der Waals surface area contributed by atoms with Crippen LogP contribution in [-0.4, -0.2) is 11.8 Å². The lowest BCUT2D eigenvalue weighted by Gasteiger charge is -2.14. The molecule has 0 spiro atoms. The van der Waals surface area contributed by atoms with Crippen LogP contribution in [0.15, 0.2) is 51.8 Å². The summed E-state index contributed by atoms with van der Waals surface area (Å²) in [6, 6.07) is 13.0. The number of nitrogens with two attached hydrogens (primary N) is 1. The average molecular weight is 354 g/mol. The molecule has 2 aromatic carbocycles. The first-order valence-electron chi connectivity index (χ1n) is 6.44. The molecule has 0 radical (unpaired) electrons. The van der Waals surface area contributed by atoms with Crippen molar-refractivity contribution in [2.24, 2.45) is 5.73 Å². The van der Waals surface area contributed by atoms with E-state index in [2.05, 4.69) is 22.0 Å². The molecule has 4 heteroatoms. The second kappa shape index (κ2) is 7.25. The molecule has 0 saturated carbocycles. The lowest BCUT2D eigenvalue weighted by atomic mass is 10.0. The molecule has 2 N–H and O–H groups in total. The van der Waals surface area contributed by atoms with E-state index in [1.165, 1.54) is 11.0 Å². The van der Waals surface area contributed by atoms with Crippen molar-refractivity contribution in [3.05, 3.63) is 63.9 Å². The SMILES string of the molecule is Cc1ccc(F)cc1CC(N)CSc1ccccc1Br. The summed E-state index contributed by atoms with van der Waals surface area (Å²) in [4.78, 5) is 1.18. The van der Waals surface area contributed by atoms with Crippen LogP contribution in [0.2, 0.25) is 0 Å². The van der Waals surface area contributed by atoms with Crippen LogP contribution in [0.4, 0.5) is 4.39 Å². The summed E-state index contributed by atoms with van der Waals surface area (Å²) in [5, 5.41) is 0. The van der Waals surface area contributed by atoms with Gasteiger partial charge in [0, 0.05) is 21.2 Å². The maximum Gasteiger partial charge on any atom is 0.123 e. The first-order valence-corrected chi connectivity index (χ1v) is 8.22. The number of thioether (sulfide) groups is 1. The highest BCUT2D eigenvalue weighted by atomic mass is 79.9. The Morgan fingerprint density at radius 2 is 2.00 bits per heavy atom. The number of halogens is 2. The highest BCUT2D eigenvalue weighted by Gasteiger charge is 2.09. The van der Waals surface area contributed by atoms with E-state index >= 15 is 0 Å². The summed E-state index contributed by atoms with van der Waals surface area (Å²) in [5.74, 6) is 0.606. The van der Waals surface area contributed by atoms with E-state index in [1.54, 1.807) is 23.9 Å². The van der Waals surface area contributed by atoms with Crippen molar-refractivity contribution in [3.8, 4) is 0 Å². The van der Waals surface area contributed by atoms with Crippen molar-refractivity contribution >= 4 is 27.7 Å². The molecule has 0 aliphatic heterocycles. The third-order valence-corrected chi connectivity index (χ3v) is 5.30. The Bertz CT molecular complexity index is 588. The Labute approximate surface area is 131 Å². The molecule has 0 aliphatic rings. The lowest BCUT2D eigenvalue weighted by molar-refractivity contribution is 0.622. The molecule has 1 atom stereocenters. The van der Waals surface area contributed by atoms with Crippen LogP contribution in [0.3, 0.4) is 0 Å². The van der Waals surface area contributed by atoms with Crippen molar-refractivity contribution in [3.63, 3.8) is 0 Å². The summed E-state index contributed by atoms with van der Waals surface area (Å²) in [6.07, 6.45) is 0.695. The largest absolute Gasteiger partial charge is 0.327 e. The number of rotatable bonds is 5. The molecule has 0 aromatic heterocycles. The Hall–Kier alpha value is -0.840. The molecule has 0 saturated heterocycles. The van der Waals surface area contributed by atoms with Gasteiger partial charge in [0.15, 0.2) is 0 Å². The zero-order valence-corrected chi connectivity index (χ0v) is 13.7. The molecule has 0 bridgehead atoms. The fourth-order valence-corrected chi connectivity index (χ4v) is 3.48. The summed E-state index contributed by atoms with van der Waals surface area (Å²) >= 11 is 5.24. The lowest BCUT2D eigenvalue weighted by Crippen LogP contribution is -2.26. The Morgan fingerprint density at radius 1 is 1.25 bits per heavy atom. The van der Waals surface area contributed by atoms with Crippen molar-refractivity contribution < 1.29 is 4.39 Å². The minimum atomic E-state index is -0.198. The van der Waals surface area contributed by atoms with Gasteiger partial charge in [-0.2, -0.15) is 0 Å². The van der Waals surface area contributed by atoms with Crippen LogP contribution in [0.25, 0.3) is 0 Å². The minimum absolute atomic E-state index is 0.00704. The van der Waals surface area contributed by atoms with Crippen LogP contribution in [-0.2, 0) is 6.42 Å². The second-order valence-electron chi connectivity index (χ2n) is 4.78. The standard InChI is InChI=1S/C16H17BrFNS/c1-11-6-7-13(18)8-12(11)9-14(19)10-20-16-5-3-2-4-15(16)17/h2-8,14H,9-10,19H2,1H3. The van der Waals surface area contributed by atoms with Gasteiger partial charge in [-0.15, -0.1) is 11.8 Å². The van der Waals surface area contributed by atoms with Crippen LogP contribution < -0.4 is 5.73 Å². The summed E-state index contributed by atoms with van der Waals surface area (Å²) in [6.45, 7) is 1.99. The third kappa shape index (κ3) is 4.33. The monoisotopic (exact) mass is 353 g/mol. The number of hydrogen-bond acceptors (Lipinski definition) is 2. The van der Waals surface area contributed by atoms with Gasteiger partial charge < -0.3 is 5.73 Å². The van der Waals surface area contributed by atoms with E-state index < -0.39 is 0 Å². The van der Waals surface area contributed by atoms with Gasteiger partial charge in [0.05, 0.1) is 0 Å². The second-order valence-corrected chi connectivity index (χ2v) is 6.69. The zero-order valence-electron chi connectivity index (χ0n) is 11.3. The maximum absolute atomic E-state index is 13.2. The molecule has 20 heavy (non-hydrogen) atoms. The van der Waals surface area contributed by atoms with Crippen LogP contribution in [0.5, 0.6) is 0 Å². The third-order valence-electron chi connectivity index (χ3n) is 3.08. The first kappa shape index (κ1) is 15.5. The van der Waals surface area contributed by atoms with Crippen LogP contribution in [0.1, 0.15) is 11.1 Å². The fourth-order valence-electron chi connectivity index (χ4n) is 1.96. The highest BCUT2D eigenvalue weighted by Crippen LogP contribution is 2.27. The van der Waals surface area contributed by atoms with Crippen LogP contribution >= 0.6 is 27.7 Å². The normalized spacial score (nSPS) is 12.4. The number of benzene rings is 2. The number of aryl methyl sites for hydroxylation is 1. The van der Waals surface area contributed by atoms with E-state index in [1.807, 2.05) is 25.1 Å². The highest BCUT2D eigenvalue weighted by molar-refractivity contribution is 9.10. The van der Waals surface area contributed by atoms with Crippen molar-refractivity contribution in [1.29, 1.82) is 0 Å². The minimum Gasteiger partial charge on any atom is -0.327 e. The Morgan fingerprint density at radius 3 is 2.75 bits per heavy atom. The van der Waals surface area contributed by atoms with Gasteiger partial charge in [0.25, 0.3) is 0 Å². The fraction of sp³-hybridized carbons (Fsp3) is 0.250. The van der Waals surface area contributed by atoms with Gasteiger partial charge in [0.2, 0.25) is 0 Å². The molecule has 0 heterocycles. The van der Waals surface area contributed by atoms with Crippen molar-refractivity contribution in [1.82, 2.24) is 0 Å². The predicted molar refractivity (Wildman–Crippen MR) is 87.7 cm³/mol. The number of hydrogen-bond donors (Lipinski definition) is 1. The van der Waals surface area contributed by atoms with E-state index in [-0.39, 0.29) is 11.9 Å². The maximum atomic E-state index is 13.2. The van der Waals surface area contributed by atoms with Gasteiger partial charge in [-0.05, 0) is 64.7 Å². The average Bonchev–Trinajstić information content (AvgIpc) is 2.42. The van der Waals surface area contributed by atoms with Crippen molar-refractivity contribution in [2.45, 2.75) is 24.3 Å². The van der Waals surface area contributed by atoms with Crippen LogP contribution in [0, 0.1) is 12.7 Å². The first-order chi connectivity index (χ1) is 9.56. The van der Waals surface area contributed by atoms with E-state index in [0.717, 1.165) is 21.4 Å². The molecular formula is C16H17BrFNS.